The Balaban J connectivity index is 3.23. The predicted octanol–water partition coefficient (Wildman–Crippen LogP) is -0.914. The Morgan fingerprint density at radius 3 is 2.82 bits per heavy atom. The molecule has 5 heteroatoms. The van der Waals surface area contributed by atoms with E-state index in [2.05, 4.69) is 10.1 Å². The smallest absolute Gasteiger partial charge is 0.407 e. The SMILES string of the molecule is C[C@H](O)COC(=O)NCCO. The van der Waals surface area contributed by atoms with E-state index in [0.29, 0.717) is 0 Å². The Bertz CT molecular complexity index is 115. The van der Waals surface area contributed by atoms with Gasteiger partial charge in [-0.1, -0.05) is 0 Å². The van der Waals surface area contributed by atoms with Crippen molar-refractivity contribution >= 4 is 6.09 Å². The average molecular weight is 163 g/mol. The zero-order valence-electron chi connectivity index (χ0n) is 6.41. The van der Waals surface area contributed by atoms with Gasteiger partial charge in [-0.3, -0.25) is 0 Å². The second kappa shape index (κ2) is 5.94. The van der Waals surface area contributed by atoms with Gasteiger partial charge in [-0.05, 0) is 6.92 Å². The molecular formula is C6H13NO4. The maximum Gasteiger partial charge on any atom is 0.407 e. The molecule has 0 aromatic rings. The lowest BCUT2D eigenvalue weighted by atomic mass is 10.4. The first-order valence-electron chi connectivity index (χ1n) is 3.36. The van der Waals surface area contributed by atoms with Gasteiger partial charge in [0.15, 0.2) is 0 Å². The van der Waals surface area contributed by atoms with E-state index in [1.165, 1.54) is 6.92 Å². The van der Waals surface area contributed by atoms with Gasteiger partial charge in [-0.25, -0.2) is 4.79 Å². The predicted molar refractivity (Wildman–Crippen MR) is 38.1 cm³/mol. The largest absolute Gasteiger partial charge is 0.447 e. The first-order valence-corrected chi connectivity index (χ1v) is 3.36. The van der Waals surface area contributed by atoms with Crippen LogP contribution in [0.15, 0.2) is 0 Å². The van der Waals surface area contributed by atoms with Crippen LogP contribution in [-0.2, 0) is 4.74 Å². The number of aliphatic hydroxyl groups is 2. The van der Waals surface area contributed by atoms with Gasteiger partial charge in [0.05, 0.1) is 12.7 Å². The Morgan fingerprint density at radius 1 is 1.73 bits per heavy atom. The highest BCUT2D eigenvalue weighted by Gasteiger charge is 2.01. The van der Waals surface area contributed by atoms with Gasteiger partial charge in [-0.2, -0.15) is 0 Å². The summed E-state index contributed by atoms with van der Waals surface area (Å²) in [6.07, 6.45) is -1.28. The van der Waals surface area contributed by atoms with Gasteiger partial charge in [0.25, 0.3) is 0 Å². The Hall–Kier alpha value is -0.810. The number of alkyl carbamates (subject to hydrolysis) is 1. The number of carbonyl (C=O) groups excluding carboxylic acids is 1. The number of amides is 1. The van der Waals surface area contributed by atoms with Crippen LogP contribution in [-0.4, -0.2) is 42.2 Å². The fraction of sp³-hybridized carbons (Fsp3) is 0.833. The summed E-state index contributed by atoms with van der Waals surface area (Å²) < 4.78 is 4.49. The van der Waals surface area contributed by atoms with Crippen LogP contribution in [0.25, 0.3) is 0 Å². The van der Waals surface area contributed by atoms with Gasteiger partial charge >= 0.3 is 6.09 Å². The molecule has 0 saturated heterocycles. The van der Waals surface area contributed by atoms with Crippen LogP contribution in [0.5, 0.6) is 0 Å². The molecule has 0 aliphatic rings. The van der Waals surface area contributed by atoms with Gasteiger partial charge < -0.3 is 20.3 Å². The van der Waals surface area contributed by atoms with Crippen molar-refractivity contribution < 1.29 is 19.7 Å². The molecule has 1 atom stereocenters. The molecule has 1 amide bonds. The molecule has 0 aromatic heterocycles. The minimum Gasteiger partial charge on any atom is -0.447 e. The van der Waals surface area contributed by atoms with Crippen LogP contribution >= 0.6 is 0 Å². The molecule has 3 N–H and O–H groups in total. The highest BCUT2D eigenvalue weighted by molar-refractivity contribution is 5.67. The van der Waals surface area contributed by atoms with Crippen LogP contribution in [0, 0.1) is 0 Å². The van der Waals surface area contributed by atoms with E-state index in [1.807, 2.05) is 0 Å². The van der Waals surface area contributed by atoms with Crippen LogP contribution in [0.3, 0.4) is 0 Å². The van der Waals surface area contributed by atoms with Gasteiger partial charge in [0.2, 0.25) is 0 Å². The first-order chi connectivity index (χ1) is 5.16. The summed E-state index contributed by atoms with van der Waals surface area (Å²) >= 11 is 0. The van der Waals surface area contributed by atoms with E-state index < -0.39 is 12.2 Å². The molecule has 5 nitrogen and oxygen atoms in total. The fourth-order valence-electron chi connectivity index (χ4n) is 0.405. The monoisotopic (exact) mass is 163 g/mol. The molecule has 0 heterocycles. The van der Waals surface area contributed by atoms with Crippen molar-refractivity contribution in [3.05, 3.63) is 0 Å². The van der Waals surface area contributed by atoms with E-state index in [0.717, 1.165) is 0 Å². The molecule has 0 aromatic carbocycles. The molecule has 0 aliphatic carbocycles. The molecule has 0 spiro atoms. The first kappa shape index (κ1) is 10.2. The topological polar surface area (TPSA) is 78.8 Å². The summed E-state index contributed by atoms with van der Waals surface area (Å²) in [6, 6.07) is 0. The lowest BCUT2D eigenvalue weighted by molar-refractivity contribution is 0.0773. The lowest BCUT2D eigenvalue weighted by Crippen LogP contribution is -2.29. The van der Waals surface area contributed by atoms with Crippen LogP contribution in [0.1, 0.15) is 6.92 Å². The van der Waals surface area contributed by atoms with E-state index in [4.69, 9.17) is 10.2 Å². The third-order valence-corrected chi connectivity index (χ3v) is 0.837. The summed E-state index contributed by atoms with van der Waals surface area (Å²) in [7, 11) is 0. The third kappa shape index (κ3) is 7.08. The third-order valence-electron chi connectivity index (χ3n) is 0.837. The van der Waals surface area contributed by atoms with E-state index in [1.54, 1.807) is 0 Å². The summed E-state index contributed by atoms with van der Waals surface area (Å²) in [6.45, 7) is 1.53. The van der Waals surface area contributed by atoms with Crippen LogP contribution in [0.4, 0.5) is 4.79 Å². The molecule has 0 fully saturated rings. The molecule has 0 saturated carbocycles. The second-order valence-electron chi connectivity index (χ2n) is 2.10. The van der Waals surface area contributed by atoms with Crippen LogP contribution in [0.2, 0.25) is 0 Å². The Morgan fingerprint density at radius 2 is 2.36 bits per heavy atom. The van der Waals surface area contributed by atoms with Gasteiger partial charge in [-0.15, -0.1) is 0 Å². The Labute approximate surface area is 65.0 Å². The average Bonchev–Trinajstić information content (AvgIpc) is 1.97. The Kier molecular flexibility index (Phi) is 5.50. The number of nitrogens with one attached hydrogen (secondary N) is 1. The van der Waals surface area contributed by atoms with Crippen molar-refractivity contribution in [2.24, 2.45) is 0 Å². The van der Waals surface area contributed by atoms with Crippen molar-refractivity contribution in [3.8, 4) is 0 Å². The van der Waals surface area contributed by atoms with Gasteiger partial charge in [0.1, 0.15) is 6.61 Å². The summed E-state index contributed by atoms with van der Waals surface area (Å²) in [5.41, 5.74) is 0. The quantitative estimate of drug-likeness (QED) is 0.501. The zero-order valence-corrected chi connectivity index (χ0v) is 6.41. The molecule has 0 rings (SSSR count). The molecule has 0 bridgehead atoms. The van der Waals surface area contributed by atoms with Crippen molar-refractivity contribution in [1.82, 2.24) is 5.32 Å². The van der Waals surface area contributed by atoms with Crippen molar-refractivity contribution in [1.29, 1.82) is 0 Å². The minimum absolute atomic E-state index is 0.0305. The minimum atomic E-state index is -0.658. The van der Waals surface area contributed by atoms with Crippen molar-refractivity contribution in [2.75, 3.05) is 19.8 Å². The van der Waals surface area contributed by atoms with Crippen LogP contribution < -0.4 is 5.32 Å². The number of hydrogen-bond acceptors (Lipinski definition) is 4. The maximum absolute atomic E-state index is 10.6. The van der Waals surface area contributed by atoms with E-state index in [9.17, 15) is 4.79 Å². The van der Waals surface area contributed by atoms with Gasteiger partial charge in [0, 0.05) is 6.54 Å². The maximum atomic E-state index is 10.6. The molecule has 0 radical (unpaired) electrons. The molecule has 11 heavy (non-hydrogen) atoms. The molecule has 66 valence electrons. The zero-order chi connectivity index (χ0) is 8.69. The molecule has 0 unspecified atom stereocenters. The van der Waals surface area contributed by atoms with Crippen molar-refractivity contribution in [3.63, 3.8) is 0 Å². The number of rotatable bonds is 4. The highest BCUT2D eigenvalue weighted by Crippen LogP contribution is 1.82. The number of ether oxygens (including phenoxy) is 1. The molecular weight excluding hydrogens is 150 g/mol. The number of carbonyl (C=O) groups is 1. The van der Waals surface area contributed by atoms with E-state index in [-0.39, 0.29) is 19.8 Å². The fourth-order valence-corrected chi connectivity index (χ4v) is 0.405. The molecule has 0 aliphatic heterocycles. The van der Waals surface area contributed by atoms with E-state index >= 15 is 0 Å². The summed E-state index contributed by atoms with van der Waals surface area (Å²) in [4.78, 5) is 10.6. The normalized spacial score (nSPS) is 12.3. The lowest BCUT2D eigenvalue weighted by Gasteiger charge is -2.06. The number of hydrogen-bond donors (Lipinski definition) is 3. The van der Waals surface area contributed by atoms with Crippen molar-refractivity contribution in [2.45, 2.75) is 13.0 Å². The summed E-state index contributed by atoms with van der Waals surface area (Å²) in [5, 5.41) is 19.2. The standard InChI is InChI=1S/C6H13NO4/c1-5(9)4-11-6(10)7-2-3-8/h5,8-9H,2-4H2,1H3,(H,7,10)/t5-/m0/s1. The number of aliphatic hydroxyl groups excluding tert-OH is 2. The summed E-state index contributed by atoms with van der Waals surface area (Å²) in [5.74, 6) is 0. The second-order valence-corrected chi connectivity index (χ2v) is 2.10. The highest BCUT2D eigenvalue weighted by atomic mass is 16.6.